The lowest BCUT2D eigenvalue weighted by Gasteiger charge is -2.19. The van der Waals surface area contributed by atoms with Gasteiger partial charge in [-0.05, 0) is 29.8 Å². The molecule has 0 radical (unpaired) electrons. The van der Waals surface area contributed by atoms with E-state index in [1.54, 1.807) is 16.7 Å². The van der Waals surface area contributed by atoms with E-state index in [0.29, 0.717) is 11.4 Å². The highest BCUT2D eigenvalue weighted by Crippen LogP contribution is 2.49. The van der Waals surface area contributed by atoms with Gasteiger partial charge in [0.15, 0.2) is 5.17 Å². The number of benzene rings is 2. The lowest BCUT2D eigenvalue weighted by atomic mass is 10.1. The van der Waals surface area contributed by atoms with Crippen molar-refractivity contribution < 1.29 is 4.79 Å². The van der Waals surface area contributed by atoms with Crippen LogP contribution >= 0.6 is 23.5 Å². The fraction of sp³-hybridized carbons (Fsp3) is 0.143. The lowest BCUT2D eigenvalue weighted by molar-refractivity contribution is -0.122. The Kier molecular flexibility index (Phi) is 4.85. The highest BCUT2D eigenvalue weighted by molar-refractivity contribution is 8.19. The molecule has 0 spiro atoms. The highest BCUT2D eigenvalue weighted by atomic mass is 32.2. The molecular formula is C21H19N3OS2. The molecular weight excluding hydrogens is 374 g/mol. The van der Waals surface area contributed by atoms with Gasteiger partial charge in [0.05, 0.1) is 17.3 Å². The van der Waals surface area contributed by atoms with Crippen molar-refractivity contribution in [1.82, 2.24) is 9.80 Å². The fourth-order valence-electron chi connectivity index (χ4n) is 3.25. The van der Waals surface area contributed by atoms with Gasteiger partial charge >= 0.3 is 0 Å². The summed E-state index contributed by atoms with van der Waals surface area (Å²) in [6.07, 6.45) is 0. The molecule has 0 aliphatic carbocycles. The van der Waals surface area contributed by atoms with Crippen molar-refractivity contribution in [1.29, 1.82) is 5.41 Å². The molecule has 4 nitrogen and oxygen atoms in total. The first kappa shape index (κ1) is 17.9. The predicted molar refractivity (Wildman–Crippen MR) is 114 cm³/mol. The quantitative estimate of drug-likeness (QED) is 0.751. The van der Waals surface area contributed by atoms with Gasteiger partial charge < -0.3 is 4.90 Å². The number of carbonyl (C=O) groups excluding carboxylic acids is 1. The average molecular weight is 394 g/mol. The maximum atomic E-state index is 13.1. The summed E-state index contributed by atoms with van der Waals surface area (Å²) in [7, 11) is 1.99. The first-order valence-electron chi connectivity index (χ1n) is 8.60. The molecule has 0 aromatic heterocycles. The second kappa shape index (κ2) is 7.29. The van der Waals surface area contributed by atoms with Crippen LogP contribution in [0.2, 0.25) is 0 Å². The van der Waals surface area contributed by atoms with Crippen molar-refractivity contribution in [3.63, 3.8) is 0 Å². The molecule has 4 rings (SSSR count). The van der Waals surface area contributed by atoms with Gasteiger partial charge in [0, 0.05) is 12.0 Å². The molecule has 2 aromatic rings. The number of thioether (sulfide) groups is 2. The molecule has 136 valence electrons. The van der Waals surface area contributed by atoms with E-state index < -0.39 is 0 Å². The summed E-state index contributed by atoms with van der Waals surface area (Å²) in [5, 5.41) is 9.49. The van der Waals surface area contributed by atoms with Crippen molar-refractivity contribution in [2.24, 2.45) is 0 Å². The number of rotatable bonds is 3. The summed E-state index contributed by atoms with van der Waals surface area (Å²) < 4.78 is 0. The molecule has 1 fully saturated rings. The Morgan fingerprint density at radius 2 is 1.59 bits per heavy atom. The third-order valence-corrected chi connectivity index (χ3v) is 6.82. The molecule has 2 aliphatic rings. The minimum atomic E-state index is -0.0923. The molecule has 0 bridgehead atoms. The Labute approximate surface area is 167 Å². The van der Waals surface area contributed by atoms with E-state index >= 15 is 0 Å². The normalized spacial score (nSPS) is 20.2. The molecule has 0 unspecified atom stereocenters. The standard InChI is InChI=1S/C21H19N3OS2/c1-14-17(16-11-7-4-8-12-16)23(2)20(26-14)18-19(25)24(21(22)27-18)13-15-9-5-3-6-10-15/h3-12,22H,13H2,1-2H3/b20-18-,22-21?. The number of hydrogen-bond donors (Lipinski definition) is 1. The Morgan fingerprint density at radius 1 is 0.963 bits per heavy atom. The monoisotopic (exact) mass is 393 g/mol. The maximum absolute atomic E-state index is 13.1. The summed E-state index contributed by atoms with van der Waals surface area (Å²) in [5.41, 5.74) is 3.27. The van der Waals surface area contributed by atoms with Gasteiger partial charge in [-0.1, -0.05) is 72.4 Å². The summed E-state index contributed by atoms with van der Waals surface area (Å²) in [6, 6.07) is 20.0. The number of allylic oxidation sites excluding steroid dienone is 1. The van der Waals surface area contributed by atoms with E-state index in [1.807, 2.05) is 55.6 Å². The molecule has 1 N–H and O–H groups in total. The van der Waals surface area contributed by atoms with Gasteiger partial charge in [-0.15, -0.1) is 0 Å². The Balaban J connectivity index is 1.63. The van der Waals surface area contributed by atoms with Gasteiger partial charge in [0.2, 0.25) is 0 Å². The van der Waals surface area contributed by atoms with Gasteiger partial charge in [-0.3, -0.25) is 15.1 Å². The topological polar surface area (TPSA) is 47.4 Å². The van der Waals surface area contributed by atoms with Crippen molar-refractivity contribution in [2.45, 2.75) is 13.5 Å². The maximum Gasteiger partial charge on any atom is 0.269 e. The van der Waals surface area contributed by atoms with Crippen LogP contribution in [0.4, 0.5) is 0 Å². The van der Waals surface area contributed by atoms with E-state index in [9.17, 15) is 4.79 Å². The van der Waals surface area contributed by atoms with Gasteiger partial charge in [0.25, 0.3) is 5.91 Å². The largest absolute Gasteiger partial charge is 0.337 e. The fourth-order valence-corrected chi connectivity index (χ4v) is 5.42. The second-order valence-corrected chi connectivity index (χ2v) is 8.55. The first-order valence-corrected chi connectivity index (χ1v) is 10.2. The lowest BCUT2D eigenvalue weighted by Crippen LogP contribution is -2.28. The molecule has 1 amide bonds. The van der Waals surface area contributed by atoms with Gasteiger partial charge in [0.1, 0.15) is 4.91 Å². The van der Waals surface area contributed by atoms with Crippen LogP contribution in [-0.2, 0) is 11.3 Å². The number of amides is 1. The summed E-state index contributed by atoms with van der Waals surface area (Å²) >= 11 is 2.86. The Morgan fingerprint density at radius 3 is 2.26 bits per heavy atom. The van der Waals surface area contributed by atoms with Crippen LogP contribution in [0.5, 0.6) is 0 Å². The van der Waals surface area contributed by atoms with Gasteiger partial charge in [-0.2, -0.15) is 0 Å². The van der Waals surface area contributed by atoms with Crippen LogP contribution < -0.4 is 0 Å². The van der Waals surface area contributed by atoms with Crippen LogP contribution in [0.1, 0.15) is 18.1 Å². The third kappa shape index (κ3) is 3.31. The Hall–Kier alpha value is -2.44. The van der Waals surface area contributed by atoms with E-state index in [-0.39, 0.29) is 11.1 Å². The first-order chi connectivity index (χ1) is 13.1. The van der Waals surface area contributed by atoms with Crippen molar-refractivity contribution in [3.8, 4) is 0 Å². The minimum absolute atomic E-state index is 0.0923. The number of amidine groups is 1. The summed E-state index contributed by atoms with van der Waals surface area (Å²) in [6.45, 7) is 2.50. The summed E-state index contributed by atoms with van der Waals surface area (Å²) in [5.74, 6) is -0.0923. The van der Waals surface area contributed by atoms with Crippen molar-refractivity contribution in [2.75, 3.05) is 7.05 Å². The zero-order valence-electron chi connectivity index (χ0n) is 15.1. The molecule has 2 heterocycles. The smallest absolute Gasteiger partial charge is 0.269 e. The average Bonchev–Trinajstić information content (AvgIpc) is 3.13. The molecule has 0 atom stereocenters. The van der Waals surface area contributed by atoms with E-state index in [4.69, 9.17) is 5.41 Å². The molecule has 0 saturated carbocycles. The van der Waals surface area contributed by atoms with Crippen LogP contribution in [0, 0.1) is 5.41 Å². The molecule has 27 heavy (non-hydrogen) atoms. The zero-order chi connectivity index (χ0) is 19.0. The van der Waals surface area contributed by atoms with Gasteiger partial charge in [-0.25, -0.2) is 0 Å². The number of carbonyl (C=O) groups is 1. The van der Waals surface area contributed by atoms with Crippen LogP contribution in [-0.4, -0.2) is 27.9 Å². The molecule has 6 heteroatoms. The summed E-state index contributed by atoms with van der Waals surface area (Å²) in [4.78, 5) is 18.5. The van der Waals surface area contributed by atoms with E-state index in [2.05, 4.69) is 24.0 Å². The molecule has 2 aromatic carbocycles. The minimum Gasteiger partial charge on any atom is -0.337 e. The number of nitrogens with one attached hydrogen (secondary N) is 1. The van der Waals surface area contributed by atoms with Crippen molar-refractivity contribution in [3.05, 3.63) is 86.6 Å². The number of nitrogens with zero attached hydrogens (tertiary/aromatic N) is 2. The predicted octanol–water partition coefficient (Wildman–Crippen LogP) is 4.93. The highest BCUT2D eigenvalue weighted by Gasteiger charge is 2.38. The third-order valence-electron chi connectivity index (χ3n) is 4.53. The van der Waals surface area contributed by atoms with Crippen molar-refractivity contribution >= 4 is 40.3 Å². The second-order valence-electron chi connectivity index (χ2n) is 6.35. The molecule has 1 saturated heterocycles. The molecule has 2 aliphatic heterocycles. The van der Waals surface area contributed by atoms with Crippen LogP contribution in [0.3, 0.4) is 0 Å². The number of hydrogen-bond acceptors (Lipinski definition) is 5. The Bertz CT molecular complexity index is 967. The van der Waals surface area contributed by atoms with Crippen LogP contribution in [0.15, 0.2) is 75.5 Å². The zero-order valence-corrected chi connectivity index (χ0v) is 16.7. The van der Waals surface area contributed by atoms with Crippen LogP contribution in [0.25, 0.3) is 5.70 Å². The van der Waals surface area contributed by atoms with E-state index in [1.165, 1.54) is 11.8 Å². The SMILES string of the molecule is CC1=C(c2ccccc2)N(C)/C(=C2/SC(=N)N(Cc3ccccc3)C2=O)S1. The van der Waals surface area contributed by atoms with E-state index in [0.717, 1.165) is 26.8 Å².